The van der Waals surface area contributed by atoms with Crippen LogP contribution in [0.25, 0.3) is 0 Å². The van der Waals surface area contributed by atoms with Crippen LogP contribution in [-0.4, -0.2) is 6.98 Å². The molecule has 1 heterocycles. The van der Waals surface area contributed by atoms with Crippen LogP contribution < -0.4 is 15.1 Å². The molecule has 0 atom stereocenters. The average molecular weight is 465 g/mol. The minimum absolute atomic E-state index is 0.0349. The molecule has 4 aromatic rings. The van der Waals surface area contributed by atoms with Gasteiger partial charge in [0.05, 0.1) is 11.4 Å². The Morgan fingerprint density at radius 1 is 0.647 bits per heavy atom. The monoisotopic (exact) mass is 464 g/mol. The van der Waals surface area contributed by atoms with Gasteiger partial charge in [0.2, 0.25) is 0 Å². The Hall–Kier alpha value is -3.17. The van der Waals surface area contributed by atoms with Gasteiger partial charge in [-0.25, -0.2) is 0 Å². The number of benzene rings is 4. The maximum atomic E-state index is 6.55. The molecular formula is C30H30BClN2. The standard InChI is InChI=1S/C30H30BClN2/c1-21-18-23(30(3,4)5)19-22(2)29(21)31-33(25-12-8-6-9-13-25)27-17-16-24(32)20-28(27)34(31)26-14-10-7-11-15-26/h6-20H,1-5H3. The van der Waals surface area contributed by atoms with E-state index in [9.17, 15) is 0 Å². The lowest BCUT2D eigenvalue weighted by Crippen LogP contribution is -2.55. The number of aryl methyl sites for hydroxylation is 2. The molecule has 0 N–H and O–H groups in total. The number of halogens is 1. The first-order valence-corrected chi connectivity index (χ1v) is 12.2. The maximum Gasteiger partial charge on any atom is 0.421 e. The smallest absolute Gasteiger partial charge is 0.360 e. The van der Waals surface area contributed by atoms with Gasteiger partial charge < -0.3 is 9.62 Å². The van der Waals surface area contributed by atoms with Crippen LogP contribution in [0.3, 0.4) is 0 Å². The first kappa shape index (κ1) is 22.6. The number of para-hydroxylation sites is 2. The quantitative estimate of drug-likeness (QED) is 0.284. The predicted molar refractivity (Wildman–Crippen MR) is 149 cm³/mol. The molecule has 4 heteroatoms. The molecule has 0 aromatic heterocycles. The first-order chi connectivity index (χ1) is 16.3. The van der Waals surface area contributed by atoms with Crippen LogP contribution in [0.5, 0.6) is 0 Å². The van der Waals surface area contributed by atoms with Crippen molar-refractivity contribution in [3.8, 4) is 0 Å². The van der Waals surface area contributed by atoms with Crippen LogP contribution in [0.2, 0.25) is 5.02 Å². The highest BCUT2D eigenvalue weighted by atomic mass is 35.5. The second kappa shape index (κ2) is 8.56. The van der Waals surface area contributed by atoms with Crippen LogP contribution in [-0.2, 0) is 5.41 Å². The van der Waals surface area contributed by atoms with Gasteiger partial charge in [-0.05, 0) is 72.8 Å². The molecule has 0 bridgehead atoms. The van der Waals surface area contributed by atoms with E-state index in [-0.39, 0.29) is 12.4 Å². The lowest BCUT2D eigenvalue weighted by Gasteiger charge is -2.33. The van der Waals surface area contributed by atoms with Gasteiger partial charge in [-0.2, -0.15) is 0 Å². The van der Waals surface area contributed by atoms with Crippen molar-refractivity contribution in [1.82, 2.24) is 0 Å². The van der Waals surface area contributed by atoms with Crippen LogP contribution in [0.4, 0.5) is 22.7 Å². The Balaban J connectivity index is 1.81. The van der Waals surface area contributed by atoms with Crippen molar-refractivity contribution >= 4 is 46.8 Å². The summed E-state index contributed by atoms with van der Waals surface area (Å²) in [7, 11) is 0. The van der Waals surface area contributed by atoms with Gasteiger partial charge in [-0.15, -0.1) is 0 Å². The van der Waals surface area contributed by atoms with Crippen LogP contribution >= 0.6 is 11.6 Å². The van der Waals surface area contributed by atoms with Gasteiger partial charge in [0.25, 0.3) is 0 Å². The molecule has 0 fully saturated rings. The Kier molecular flexibility index (Phi) is 5.69. The molecule has 1 aliphatic heterocycles. The van der Waals surface area contributed by atoms with Crippen molar-refractivity contribution in [2.24, 2.45) is 0 Å². The van der Waals surface area contributed by atoms with Gasteiger partial charge in [0.1, 0.15) is 0 Å². The molecule has 4 aromatic carbocycles. The number of fused-ring (bicyclic) bond motifs is 1. The molecule has 5 rings (SSSR count). The Morgan fingerprint density at radius 2 is 1.15 bits per heavy atom. The second-order valence-electron chi connectivity index (χ2n) is 10.2. The minimum Gasteiger partial charge on any atom is -0.360 e. The van der Waals surface area contributed by atoms with E-state index in [1.54, 1.807) is 0 Å². The molecule has 0 radical (unpaired) electrons. The van der Waals surface area contributed by atoms with E-state index in [1.807, 2.05) is 6.07 Å². The zero-order chi connectivity index (χ0) is 24.0. The molecule has 170 valence electrons. The van der Waals surface area contributed by atoms with Crippen molar-refractivity contribution < 1.29 is 0 Å². The van der Waals surface area contributed by atoms with Crippen molar-refractivity contribution in [1.29, 1.82) is 0 Å². The van der Waals surface area contributed by atoms with Gasteiger partial charge >= 0.3 is 6.98 Å². The highest BCUT2D eigenvalue weighted by Crippen LogP contribution is 2.47. The molecule has 0 spiro atoms. The molecule has 0 amide bonds. The topological polar surface area (TPSA) is 6.48 Å². The molecule has 2 nitrogen and oxygen atoms in total. The molecule has 0 unspecified atom stereocenters. The second-order valence-corrected chi connectivity index (χ2v) is 10.6. The van der Waals surface area contributed by atoms with Gasteiger partial charge in [-0.1, -0.05) is 92.0 Å². The third-order valence-corrected chi connectivity index (χ3v) is 6.97. The third kappa shape index (κ3) is 3.88. The van der Waals surface area contributed by atoms with Crippen molar-refractivity contribution in [3.05, 3.63) is 113 Å². The summed E-state index contributed by atoms with van der Waals surface area (Å²) < 4.78 is 0. The zero-order valence-electron chi connectivity index (χ0n) is 20.5. The minimum atomic E-state index is -0.0349. The largest absolute Gasteiger partial charge is 0.421 e. The highest BCUT2D eigenvalue weighted by Gasteiger charge is 2.45. The SMILES string of the molecule is Cc1cc(C(C)(C)C)cc(C)c1B1N(c2ccccc2)c2ccc(Cl)cc2N1c1ccccc1. The fourth-order valence-corrected chi connectivity index (χ4v) is 5.25. The maximum absolute atomic E-state index is 6.55. The summed E-state index contributed by atoms with van der Waals surface area (Å²) in [5.41, 5.74) is 9.97. The molecular weight excluding hydrogens is 435 g/mol. The van der Waals surface area contributed by atoms with E-state index in [4.69, 9.17) is 11.6 Å². The lowest BCUT2D eigenvalue weighted by molar-refractivity contribution is 0.589. The first-order valence-electron chi connectivity index (χ1n) is 11.9. The third-order valence-electron chi connectivity index (χ3n) is 6.73. The normalized spacial score (nSPS) is 13.4. The van der Waals surface area contributed by atoms with Gasteiger partial charge in [-0.3, -0.25) is 0 Å². The van der Waals surface area contributed by atoms with E-state index >= 15 is 0 Å². The lowest BCUT2D eigenvalue weighted by atomic mass is 9.60. The summed E-state index contributed by atoms with van der Waals surface area (Å²) in [6.07, 6.45) is 0. The van der Waals surface area contributed by atoms with Gasteiger partial charge in [0, 0.05) is 16.4 Å². The van der Waals surface area contributed by atoms with Crippen LogP contribution in [0, 0.1) is 13.8 Å². The van der Waals surface area contributed by atoms with Gasteiger partial charge in [0.15, 0.2) is 0 Å². The molecule has 0 aliphatic carbocycles. The fourth-order valence-electron chi connectivity index (χ4n) is 5.08. The summed E-state index contributed by atoms with van der Waals surface area (Å²) in [6.45, 7) is 11.3. The highest BCUT2D eigenvalue weighted by molar-refractivity contribution is 6.85. The van der Waals surface area contributed by atoms with E-state index < -0.39 is 0 Å². The molecule has 0 saturated carbocycles. The molecule has 0 saturated heterocycles. The Labute approximate surface area is 208 Å². The summed E-state index contributed by atoms with van der Waals surface area (Å²) in [5, 5.41) is 0.741. The zero-order valence-corrected chi connectivity index (χ0v) is 21.3. The summed E-state index contributed by atoms with van der Waals surface area (Å²) in [4.78, 5) is 4.88. The van der Waals surface area contributed by atoms with Crippen molar-refractivity contribution in [2.45, 2.75) is 40.0 Å². The van der Waals surface area contributed by atoms with E-state index in [0.717, 1.165) is 27.8 Å². The number of hydrogen-bond acceptors (Lipinski definition) is 2. The summed E-state index contributed by atoms with van der Waals surface area (Å²) in [5.74, 6) is 0. The average Bonchev–Trinajstić information content (AvgIpc) is 3.13. The van der Waals surface area contributed by atoms with Crippen LogP contribution in [0.1, 0.15) is 37.5 Å². The number of nitrogens with zero attached hydrogens (tertiary/aromatic N) is 2. The molecule has 1 aliphatic rings. The van der Waals surface area contributed by atoms with E-state index in [2.05, 4.69) is 129 Å². The number of hydrogen-bond donors (Lipinski definition) is 0. The number of rotatable bonds is 3. The predicted octanol–water partition coefficient (Wildman–Crippen LogP) is 7.94. The van der Waals surface area contributed by atoms with Crippen molar-refractivity contribution in [3.63, 3.8) is 0 Å². The summed E-state index contributed by atoms with van der Waals surface area (Å²) >= 11 is 6.55. The van der Waals surface area contributed by atoms with E-state index in [1.165, 1.54) is 22.2 Å². The number of anilines is 4. The fraction of sp³-hybridized carbons (Fsp3) is 0.200. The van der Waals surface area contributed by atoms with E-state index in [0.29, 0.717) is 0 Å². The van der Waals surface area contributed by atoms with Crippen LogP contribution in [0.15, 0.2) is 91.0 Å². The van der Waals surface area contributed by atoms with Crippen molar-refractivity contribution in [2.75, 3.05) is 9.62 Å². The summed E-state index contributed by atoms with van der Waals surface area (Å²) in [6, 6.07) is 32.3. The molecule has 34 heavy (non-hydrogen) atoms. The Morgan fingerprint density at radius 3 is 1.65 bits per heavy atom. The Bertz CT molecular complexity index is 1310.